The van der Waals surface area contributed by atoms with Crippen LogP contribution in [0.15, 0.2) is 0 Å². The van der Waals surface area contributed by atoms with E-state index in [4.69, 9.17) is 11.1 Å². The van der Waals surface area contributed by atoms with Gasteiger partial charge in [0.15, 0.2) is 0 Å². The van der Waals surface area contributed by atoms with Gasteiger partial charge in [0.1, 0.15) is 0 Å². The van der Waals surface area contributed by atoms with Crippen molar-refractivity contribution in [2.45, 2.75) is 0 Å². The van der Waals surface area contributed by atoms with Gasteiger partial charge >= 0.3 is 0 Å². The largest absolute Gasteiger partial charge is 0.387 e. The van der Waals surface area contributed by atoms with Gasteiger partial charge in [0.2, 0.25) is 0 Å². The van der Waals surface area contributed by atoms with E-state index in [2.05, 4.69) is 13.8 Å². The Balaban J connectivity index is 3.26. The summed E-state index contributed by atoms with van der Waals surface area (Å²) in [6.45, 7) is 6.75. The van der Waals surface area contributed by atoms with E-state index in [0.717, 1.165) is 0 Å². The van der Waals surface area contributed by atoms with E-state index in [9.17, 15) is 0 Å². The first-order valence-electron chi connectivity index (χ1n) is 1.64. The van der Waals surface area contributed by atoms with Crippen molar-refractivity contribution in [1.82, 2.24) is 0 Å². The molecular weight excluding hydrogens is 76.1 g/mol. The highest BCUT2D eigenvalue weighted by Gasteiger charge is 1.91. The molecule has 34 valence electrons. The van der Waals surface area contributed by atoms with E-state index in [1.54, 1.807) is 0 Å². The van der Waals surface area contributed by atoms with Gasteiger partial charge in [-0.3, -0.25) is 5.41 Å². The van der Waals surface area contributed by atoms with Gasteiger partial charge in [-0.05, 0) is 13.8 Å². The highest BCUT2D eigenvalue weighted by molar-refractivity contribution is 5.80. The predicted octanol–water partition coefficient (Wildman–Crippen LogP) is 0.207. The van der Waals surface area contributed by atoms with Crippen LogP contribution in [-0.2, 0) is 0 Å². The van der Waals surface area contributed by atoms with Crippen molar-refractivity contribution in [2.24, 2.45) is 11.7 Å². The topological polar surface area (TPSA) is 49.9 Å². The summed E-state index contributed by atoms with van der Waals surface area (Å²) in [6, 6.07) is 0. The molecule has 0 aromatic heterocycles. The maximum absolute atomic E-state index is 6.60. The van der Waals surface area contributed by atoms with Crippen LogP contribution in [0.4, 0.5) is 0 Å². The standard InChI is InChI=1S/C4H8N2/c1-3(2)4(5)6/h3H,1-2H2,(H3,5,6). The van der Waals surface area contributed by atoms with Crippen molar-refractivity contribution in [3.63, 3.8) is 0 Å². The smallest absolute Gasteiger partial charge is 0.0936 e. The van der Waals surface area contributed by atoms with Crippen LogP contribution in [0.3, 0.4) is 0 Å². The van der Waals surface area contributed by atoms with Gasteiger partial charge in [0.25, 0.3) is 0 Å². The second-order valence-electron chi connectivity index (χ2n) is 1.15. The molecule has 0 bridgehead atoms. The van der Waals surface area contributed by atoms with Gasteiger partial charge in [0, 0.05) is 5.92 Å². The third kappa shape index (κ3) is 1.76. The first-order valence-corrected chi connectivity index (χ1v) is 1.64. The predicted molar refractivity (Wildman–Crippen MR) is 26.1 cm³/mol. The Morgan fingerprint density at radius 2 is 1.83 bits per heavy atom. The molecule has 0 atom stereocenters. The monoisotopic (exact) mass is 84.1 g/mol. The molecule has 0 saturated heterocycles. The summed E-state index contributed by atoms with van der Waals surface area (Å²) in [5.74, 6) is -0.250. The highest BCUT2D eigenvalue weighted by Crippen LogP contribution is 1.83. The minimum Gasteiger partial charge on any atom is -0.387 e. The number of amidine groups is 1. The van der Waals surface area contributed by atoms with Crippen LogP contribution in [-0.4, -0.2) is 5.84 Å². The first-order chi connectivity index (χ1) is 2.64. The van der Waals surface area contributed by atoms with Crippen molar-refractivity contribution in [3.05, 3.63) is 13.8 Å². The van der Waals surface area contributed by atoms with Gasteiger partial charge in [-0.15, -0.1) is 0 Å². The maximum Gasteiger partial charge on any atom is 0.0936 e. The Kier molecular flexibility index (Phi) is 1.64. The fourth-order valence-corrected chi connectivity index (χ4v) is 0. The molecule has 0 rings (SSSR count). The summed E-state index contributed by atoms with van der Waals surface area (Å²) in [4.78, 5) is 0. The summed E-state index contributed by atoms with van der Waals surface area (Å²) in [6.07, 6.45) is 0. The molecule has 0 aliphatic rings. The van der Waals surface area contributed by atoms with Crippen LogP contribution in [0.2, 0.25) is 0 Å². The minimum absolute atomic E-state index is 0.0370. The van der Waals surface area contributed by atoms with Crippen LogP contribution in [0, 0.1) is 25.2 Å². The molecule has 0 saturated carbocycles. The van der Waals surface area contributed by atoms with Crippen LogP contribution in [0.1, 0.15) is 0 Å². The Labute approximate surface area is 37.9 Å². The van der Waals surface area contributed by atoms with Crippen LogP contribution < -0.4 is 5.73 Å². The molecule has 0 aliphatic heterocycles. The molecule has 3 N–H and O–H groups in total. The zero-order valence-electron chi connectivity index (χ0n) is 3.57. The summed E-state index contributed by atoms with van der Waals surface area (Å²) < 4.78 is 0. The Morgan fingerprint density at radius 3 is 1.83 bits per heavy atom. The molecule has 0 fully saturated rings. The normalized spacial score (nSPS) is 9.17. The summed E-state index contributed by atoms with van der Waals surface area (Å²) >= 11 is 0. The van der Waals surface area contributed by atoms with Crippen molar-refractivity contribution in [2.75, 3.05) is 0 Å². The van der Waals surface area contributed by atoms with Crippen LogP contribution in [0.25, 0.3) is 0 Å². The molecule has 2 heteroatoms. The van der Waals surface area contributed by atoms with Crippen molar-refractivity contribution < 1.29 is 0 Å². The van der Waals surface area contributed by atoms with E-state index in [-0.39, 0.29) is 11.8 Å². The number of nitrogens with one attached hydrogen (secondary N) is 1. The molecular formula is C4H8N2. The van der Waals surface area contributed by atoms with Gasteiger partial charge in [0.05, 0.1) is 5.84 Å². The number of rotatable bonds is 1. The van der Waals surface area contributed by atoms with Crippen molar-refractivity contribution in [3.8, 4) is 0 Å². The molecule has 0 heterocycles. The van der Waals surface area contributed by atoms with Crippen molar-refractivity contribution in [1.29, 1.82) is 5.41 Å². The Bertz CT molecular complexity index is 56.6. The van der Waals surface area contributed by atoms with Gasteiger partial charge in [-0.2, -0.15) is 0 Å². The number of hydrogen-bond donors (Lipinski definition) is 2. The van der Waals surface area contributed by atoms with E-state index >= 15 is 0 Å². The lowest BCUT2D eigenvalue weighted by atomic mass is 10.2. The van der Waals surface area contributed by atoms with E-state index in [1.807, 2.05) is 0 Å². The molecule has 0 aromatic rings. The lowest BCUT2D eigenvalue weighted by molar-refractivity contribution is 1.08. The lowest BCUT2D eigenvalue weighted by Crippen LogP contribution is -2.16. The summed E-state index contributed by atoms with van der Waals surface area (Å²) in [5.41, 5.74) is 4.89. The highest BCUT2D eigenvalue weighted by atomic mass is 14.7. The zero-order valence-corrected chi connectivity index (χ0v) is 3.57. The quantitative estimate of drug-likeness (QED) is 0.346. The Hall–Kier alpha value is -0.530. The third-order valence-corrected chi connectivity index (χ3v) is 0.440. The SMILES string of the molecule is [CH2]C([CH2])C(=N)N. The zero-order chi connectivity index (χ0) is 5.15. The molecule has 0 unspecified atom stereocenters. The average molecular weight is 84.1 g/mol. The molecule has 0 spiro atoms. The maximum atomic E-state index is 6.60. The Morgan fingerprint density at radius 1 is 1.67 bits per heavy atom. The van der Waals surface area contributed by atoms with Gasteiger partial charge < -0.3 is 5.73 Å². The molecule has 0 aromatic carbocycles. The lowest BCUT2D eigenvalue weighted by Gasteiger charge is -1.95. The first kappa shape index (κ1) is 5.47. The molecule has 0 aliphatic carbocycles. The van der Waals surface area contributed by atoms with Crippen LogP contribution >= 0.6 is 0 Å². The molecule has 2 nitrogen and oxygen atoms in total. The fourth-order valence-electron chi connectivity index (χ4n) is 0. The third-order valence-electron chi connectivity index (χ3n) is 0.440. The molecule has 6 heavy (non-hydrogen) atoms. The fraction of sp³-hybridized carbons (Fsp3) is 0.250. The number of hydrogen-bond acceptors (Lipinski definition) is 1. The molecule has 2 radical (unpaired) electrons. The second-order valence-corrected chi connectivity index (χ2v) is 1.15. The summed E-state index contributed by atoms with van der Waals surface area (Å²) in [7, 11) is 0. The second kappa shape index (κ2) is 1.80. The van der Waals surface area contributed by atoms with E-state index in [0.29, 0.717) is 0 Å². The number of nitrogens with two attached hydrogens (primary N) is 1. The summed E-state index contributed by atoms with van der Waals surface area (Å²) in [5, 5.41) is 6.60. The minimum atomic E-state index is -0.287. The van der Waals surface area contributed by atoms with Gasteiger partial charge in [-0.1, -0.05) is 0 Å². The molecule has 0 amide bonds. The van der Waals surface area contributed by atoms with Crippen molar-refractivity contribution >= 4 is 5.84 Å². The van der Waals surface area contributed by atoms with E-state index < -0.39 is 0 Å². The van der Waals surface area contributed by atoms with E-state index in [1.165, 1.54) is 0 Å². The van der Waals surface area contributed by atoms with Crippen LogP contribution in [0.5, 0.6) is 0 Å². The average Bonchev–Trinajstić information content (AvgIpc) is 1.36. The van der Waals surface area contributed by atoms with Gasteiger partial charge in [-0.25, -0.2) is 0 Å².